The summed E-state index contributed by atoms with van der Waals surface area (Å²) in [5.41, 5.74) is 0.455. The van der Waals surface area contributed by atoms with Crippen LogP contribution in [0.4, 0.5) is 0 Å². The number of aromatic nitrogens is 1. The molecule has 0 aromatic carbocycles. The van der Waals surface area contributed by atoms with E-state index in [1.807, 2.05) is 16.7 Å². The van der Waals surface area contributed by atoms with E-state index in [4.69, 9.17) is 0 Å². The first-order chi connectivity index (χ1) is 8.09. The van der Waals surface area contributed by atoms with E-state index in [0.29, 0.717) is 10.8 Å². The highest BCUT2D eigenvalue weighted by Crippen LogP contribution is 2.25. The van der Waals surface area contributed by atoms with E-state index < -0.39 is 0 Å². The minimum atomic E-state index is -0.0481. The molecule has 0 radical (unpaired) electrons. The zero-order valence-corrected chi connectivity index (χ0v) is 10.8. The molecular formula is C12H16N2O2S. The van der Waals surface area contributed by atoms with Gasteiger partial charge in [-0.15, -0.1) is 0 Å². The third-order valence-electron chi connectivity index (χ3n) is 3.12. The molecule has 2 atom stereocenters. The van der Waals surface area contributed by atoms with Gasteiger partial charge in [-0.2, -0.15) is 11.8 Å². The van der Waals surface area contributed by atoms with Gasteiger partial charge in [-0.05, 0) is 13.0 Å². The van der Waals surface area contributed by atoms with Gasteiger partial charge in [-0.1, -0.05) is 6.92 Å². The van der Waals surface area contributed by atoms with Crippen molar-refractivity contribution >= 4 is 17.7 Å². The number of hydrogen-bond donors (Lipinski definition) is 1. The van der Waals surface area contributed by atoms with Crippen molar-refractivity contribution in [1.82, 2.24) is 9.88 Å². The molecule has 1 fully saturated rings. The molecule has 0 bridgehead atoms. The van der Waals surface area contributed by atoms with Crippen LogP contribution in [0.5, 0.6) is 5.75 Å². The third kappa shape index (κ3) is 2.54. The van der Waals surface area contributed by atoms with Gasteiger partial charge >= 0.3 is 0 Å². The van der Waals surface area contributed by atoms with E-state index in [-0.39, 0.29) is 17.7 Å². The van der Waals surface area contributed by atoms with Crippen molar-refractivity contribution in [1.29, 1.82) is 0 Å². The molecular weight excluding hydrogens is 236 g/mol. The number of rotatable bonds is 1. The predicted molar refractivity (Wildman–Crippen MR) is 68.3 cm³/mol. The Bertz CT molecular complexity index is 425. The van der Waals surface area contributed by atoms with Gasteiger partial charge in [0.25, 0.3) is 5.91 Å². The standard InChI is InChI=1S/C12H16N2O2S/c1-8-9(2)17-4-3-14(8)12(16)10-5-11(15)7-13-6-10/h5-9,15H,3-4H2,1-2H3. The Morgan fingerprint density at radius 3 is 3.00 bits per heavy atom. The lowest BCUT2D eigenvalue weighted by Crippen LogP contribution is -2.47. The maximum Gasteiger partial charge on any atom is 0.255 e. The topological polar surface area (TPSA) is 53.4 Å². The van der Waals surface area contributed by atoms with Crippen LogP contribution in [0, 0.1) is 0 Å². The van der Waals surface area contributed by atoms with Crippen LogP contribution in [-0.4, -0.2) is 44.5 Å². The molecule has 0 aliphatic carbocycles. The first-order valence-corrected chi connectivity index (χ1v) is 6.71. The summed E-state index contributed by atoms with van der Waals surface area (Å²) in [6.07, 6.45) is 2.83. The molecule has 0 saturated carbocycles. The molecule has 1 saturated heterocycles. The average molecular weight is 252 g/mol. The van der Waals surface area contributed by atoms with Crippen molar-refractivity contribution in [3.05, 3.63) is 24.0 Å². The van der Waals surface area contributed by atoms with Gasteiger partial charge < -0.3 is 10.0 Å². The second-order valence-electron chi connectivity index (χ2n) is 4.25. The second-order valence-corrected chi connectivity index (χ2v) is 5.73. The fourth-order valence-electron chi connectivity index (χ4n) is 1.93. The maximum absolute atomic E-state index is 12.3. The Morgan fingerprint density at radius 1 is 1.53 bits per heavy atom. The lowest BCUT2D eigenvalue weighted by molar-refractivity contribution is 0.0697. The summed E-state index contributed by atoms with van der Waals surface area (Å²) in [7, 11) is 0. The fraction of sp³-hybridized carbons (Fsp3) is 0.500. The van der Waals surface area contributed by atoms with Crippen LogP contribution >= 0.6 is 11.8 Å². The lowest BCUT2D eigenvalue weighted by atomic mass is 10.1. The SMILES string of the molecule is CC1SCCN(C(=O)c2cncc(O)c2)C1C. The Hall–Kier alpha value is -1.23. The van der Waals surface area contributed by atoms with Crippen molar-refractivity contribution in [3.8, 4) is 5.75 Å². The summed E-state index contributed by atoms with van der Waals surface area (Å²) in [5.74, 6) is 0.944. The highest BCUT2D eigenvalue weighted by Gasteiger charge is 2.29. The van der Waals surface area contributed by atoms with Gasteiger partial charge in [-0.3, -0.25) is 9.78 Å². The smallest absolute Gasteiger partial charge is 0.255 e. The van der Waals surface area contributed by atoms with Crippen LogP contribution in [0.15, 0.2) is 18.5 Å². The second kappa shape index (κ2) is 4.96. The molecule has 1 aromatic heterocycles. The average Bonchev–Trinajstić information content (AvgIpc) is 2.32. The van der Waals surface area contributed by atoms with Crippen molar-refractivity contribution in [3.63, 3.8) is 0 Å². The number of nitrogens with zero attached hydrogens (tertiary/aromatic N) is 2. The molecule has 1 aliphatic rings. The molecule has 17 heavy (non-hydrogen) atoms. The molecule has 0 spiro atoms. The number of aromatic hydroxyl groups is 1. The van der Waals surface area contributed by atoms with Crippen LogP contribution in [0.25, 0.3) is 0 Å². The van der Waals surface area contributed by atoms with Gasteiger partial charge in [0, 0.05) is 29.8 Å². The van der Waals surface area contributed by atoms with Gasteiger partial charge in [0.15, 0.2) is 0 Å². The van der Waals surface area contributed by atoms with E-state index in [0.717, 1.165) is 12.3 Å². The van der Waals surface area contributed by atoms with Crippen LogP contribution in [0.2, 0.25) is 0 Å². The Balaban J connectivity index is 2.19. The van der Waals surface area contributed by atoms with Crippen LogP contribution < -0.4 is 0 Å². The fourth-order valence-corrected chi connectivity index (χ4v) is 3.03. The lowest BCUT2D eigenvalue weighted by Gasteiger charge is -2.37. The van der Waals surface area contributed by atoms with Crippen molar-refractivity contribution in [2.45, 2.75) is 25.1 Å². The maximum atomic E-state index is 12.3. The highest BCUT2D eigenvalue weighted by molar-refractivity contribution is 8.00. The molecule has 92 valence electrons. The number of pyridine rings is 1. The molecule has 2 unspecified atom stereocenters. The predicted octanol–water partition coefficient (Wildman–Crippen LogP) is 1.75. The molecule has 5 heteroatoms. The Labute approximate surface area is 105 Å². The minimum absolute atomic E-state index is 0.0305. The molecule has 2 rings (SSSR count). The monoisotopic (exact) mass is 252 g/mol. The van der Waals surface area contributed by atoms with Gasteiger partial charge in [-0.25, -0.2) is 0 Å². The summed E-state index contributed by atoms with van der Waals surface area (Å²) in [5, 5.41) is 9.78. The van der Waals surface area contributed by atoms with Crippen molar-refractivity contribution < 1.29 is 9.90 Å². The van der Waals surface area contributed by atoms with Crippen LogP contribution in [0.3, 0.4) is 0 Å². The summed E-state index contributed by atoms with van der Waals surface area (Å²) in [6.45, 7) is 4.95. The summed E-state index contributed by atoms with van der Waals surface area (Å²) in [6, 6.07) is 1.68. The number of amides is 1. The van der Waals surface area contributed by atoms with E-state index in [9.17, 15) is 9.90 Å². The molecule has 1 aliphatic heterocycles. The first kappa shape index (κ1) is 12.2. The quantitative estimate of drug-likeness (QED) is 0.827. The molecule has 4 nitrogen and oxygen atoms in total. The van der Waals surface area contributed by atoms with E-state index >= 15 is 0 Å². The molecule has 1 aromatic rings. The molecule has 2 heterocycles. The normalized spacial score (nSPS) is 24.7. The number of carbonyl (C=O) groups is 1. The highest BCUT2D eigenvalue weighted by atomic mass is 32.2. The van der Waals surface area contributed by atoms with E-state index in [1.54, 1.807) is 0 Å². The van der Waals surface area contributed by atoms with Crippen molar-refractivity contribution in [2.24, 2.45) is 0 Å². The zero-order valence-electron chi connectivity index (χ0n) is 9.96. The van der Waals surface area contributed by atoms with E-state index in [2.05, 4.69) is 18.8 Å². The van der Waals surface area contributed by atoms with Crippen molar-refractivity contribution in [2.75, 3.05) is 12.3 Å². The molecule has 1 N–H and O–H groups in total. The van der Waals surface area contributed by atoms with Crippen LogP contribution in [0.1, 0.15) is 24.2 Å². The zero-order chi connectivity index (χ0) is 12.4. The van der Waals surface area contributed by atoms with Gasteiger partial charge in [0.1, 0.15) is 5.75 Å². The molecule has 1 amide bonds. The van der Waals surface area contributed by atoms with Gasteiger partial charge in [0.2, 0.25) is 0 Å². The van der Waals surface area contributed by atoms with Gasteiger partial charge in [0.05, 0.1) is 11.8 Å². The number of carbonyl (C=O) groups excluding carboxylic acids is 1. The Kier molecular flexibility index (Phi) is 3.57. The summed E-state index contributed by atoms with van der Waals surface area (Å²) in [4.78, 5) is 18.0. The van der Waals surface area contributed by atoms with Crippen LogP contribution in [-0.2, 0) is 0 Å². The minimum Gasteiger partial charge on any atom is -0.506 e. The third-order valence-corrected chi connectivity index (χ3v) is 4.45. The first-order valence-electron chi connectivity index (χ1n) is 5.66. The summed E-state index contributed by atoms with van der Waals surface area (Å²) < 4.78 is 0. The Morgan fingerprint density at radius 2 is 2.29 bits per heavy atom. The largest absolute Gasteiger partial charge is 0.506 e. The number of hydrogen-bond acceptors (Lipinski definition) is 4. The number of thioether (sulfide) groups is 1. The van der Waals surface area contributed by atoms with E-state index in [1.165, 1.54) is 18.5 Å². The summed E-state index contributed by atoms with van der Waals surface area (Å²) >= 11 is 1.89.